The van der Waals surface area contributed by atoms with E-state index in [1.165, 1.54) is 4.88 Å². The molecular formula is C9H9ClN2S. The van der Waals surface area contributed by atoms with Gasteiger partial charge in [0.1, 0.15) is 5.15 Å². The number of nitrogens with two attached hydrogens (primary N) is 1. The molecule has 2 N–H and O–H groups in total. The monoisotopic (exact) mass is 212 g/mol. The van der Waals surface area contributed by atoms with E-state index in [-0.39, 0.29) is 0 Å². The van der Waals surface area contributed by atoms with E-state index in [2.05, 4.69) is 11.1 Å². The van der Waals surface area contributed by atoms with E-state index in [0.717, 1.165) is 16.5 Å². The van der Waals surface area contributed by atoms with Crippen LogP contribution < -0.4 is 5.73 Å². The van der Waals surface area contributed by atoms with Gasteiger partial charge in [0.25, 0.3) is 0 Å². The lowest BCUT2D eigenvalue weighted by Gasteiger charge is -1.89. The van der Waals surface area contributed by atoms with Crippen molar-refractivity contribution in [2.75, 3.05) is 6.54 Å². The summed E-state index contributed by atoms with van der Waals surface area (Å²) < 4.78 is 1.06. The lowest BCUT2D eigenvalue weighted by molar-refractivity contribution is 0.989. The first-order chi connectivity index (χ1) is 6.31. The maximum Gasteiger partial charge on any atom is 0.146 e. The van der Waals surface area contributed by atoms with Gasteiger partial charge in [-0.3, -0.25) is 0 Å². The van der Waals surface area contributed by atoms with E-state index < -0.39 is 0 Å². The molecule has 68 valence electrons. The first-order valence-electron chi connectivity index (χ1n) is 4.04. The van der Waals surface area contributed by atoms with Gasteiger partial charge in [0.05, 0.1) is 4.70 Å². The minimum Gasteiger partial charge on any atom is -0.330 e. The van der Waals surface area contributed by atoms with Crippen LogP contribution in [0.5, 0.6) is 0 Å². The summed E-state index contributed by atoms with van der Waals surface area (Å²) in [5.74, 6) is 0. The average molecular weight is 213 g/mol. The van der Waals surface area contributed by atoms with E-state index in [1.807, 2.05) is 6.07 Å². The molecule has 2 aromatic rings. The summed E-state index contributed by atoms with van der Waals surface area (Å²) in [4.78, 5) is 5.30. The van der Waals surface area contributed by atoms with Crippen LogP contribution in [0.25, 0.3) is 10.1 Å². The number of hydrogen-bond acceptors (Lipinski definition) is 3. The number of halogens is 1. The summed E-state index contributed by atoms with van der Waals surface area (Å²) in [5, 5.41) is 1.75. The molecule has 13 heavy (non-hydrogen) atoms. The van der Waals surface area contributed by atoms with Gasteiger partial charge in [0, 0.05) is 11.1 Å². The fourth-order valence-electron chi connectivity index (χ4n) is 1.25. The summed E-state index contributed by atoms with van der Waals surface area (Å²) in [6, 6.07) is 4.10. The molecule has 0 aliphatic rings. The molecule has 2 heterocycles. The Hall–Kier alpha value is -0.640. The molecule has 2 nitrogen and oxygen atoms in total. The average Bonchev–Trinajstić information content (AvgIpc) is 2.49. The van der Waals surface area contributed by atoms with E-state index in [4.69, 9.17) is 17.3 Å². The van der Waals surface area contributed by atoms with Crippen LogP contribution in [-0.2, 0) is 6.42 Å². The van der Waals surface area contributed by atoms with Crippen molar-refractivity contribution in [3.05, 3.63) is 28.4 Å². The molecule has 0 aliphatic carbocycles. The molecule has 0 aliphatic heterocycles. The molecule has 0 amide bonds. The second kappa shape index (κ2) is 3.62. The van der Waals surface area contributed by atoms with Crippen LogP contribution in [-0.4, -0.2) is 11.5 Å². The lowest BCUT2D eigenvalue weighted by atomic mass is 10.3. The third kappa shape index (κ3) is 1.68. The van der Waals surface area contributed by atoms with Crippen LogP contribution in [0.1, 0.15) is 4.88 Å². The van der Waals surface area contributed by atoms with Crippen molar-refractivity contribution in [2.24, 2.45) is 5.73 Å². The van der Waals surface area contributed by atoms with Gasteiger partial charge in [-0.25, -0.2) is 4.98 Å². The van der Waals surface area contributed by atoms with Crippen molar-refractivity contribution < 1.29 is 0 Å². The highest BCUT2D eigenvalue weighted by atomic mass is 35.5. The van der Waals surface area contributed by atoms with Crippen molar-refractivity contribution in [3.8, 4) is 0 Å². The van der Waals surface area contributed by atoms with Crippen molar-refractivity contribution in [1.29, 1.82) is 0 Å². The van der Waals surface area contributed by atoms with Gasteiger partial charge in [0.2, 0.25) is 0 Å². The zero-order valence-corrected chi connectivity index (χ0v) is 8.53. The number of fused-ring (bicyclic) bond motifs is 1. The molecule has 0 saturated carbocycles. The minimum absolute atomic E-state index is 0.589. The molecule has 2 rings (SSSR count). The number of aromatic nitrogens is 1. The Balaban J connectivity index is 2.55. The fraction of sp³-hybridized carbons (Fsp3) is 0.222. The second-order valence-electron chi connectivity index (χ2n) is 2.77. The SMILES string of the molecule is NCCc1cc2ccnc(Cl)c2s1. The summed E-state index contributed by atoms with van der Waals surface area (Å²) in [6.07, 6.45) is 2.64. The van der Waals surface area contributed by atoms with Gasteiger partial charge in [0.15, 0.2) is 0 Å². The van der Waals surface area contributed by atoms with Gasteiger partial charge in [-0.2, -0.15) is 0 Å². The Morgan fingerprint density at radius 1 is 1.54 bits per heavy atom. The summed E-state index contributed by atoms with van der Waals surface area (Å²) in [5.41, 5.74) is 5.48. The molecule has 2 aromatic heterocycles. The fourth-order valence-corrected chi connectivity index (χ4v) is 2.58. The standard InChI is InChI=1S/C9H9ClN2S/c10-9-8-6(2-4-12-9)5-7(13-8)1-3-11/h2,4-5H,1,3,11H2. The lowest BCUT2D eigenvalue weighted by Crippen LogP contribution is -2.00. The molecule has 0 fully saturated rings. The molecule has 0 atom stereocenters. The molecular weight excluding hydrogens is 204 g/mol. The maximum absolute atomic E-state index is 5.94. The van der Waals surface area contributed by atoms with Crippen LogP contribution in [0.4, 0.5) is 0 Å². The highest BCUT2D eigenvalue weighted by Gasteiger charge is 2.04. The largest absolute Gasteiger partial charge is 0.330 e. The number of thiophene rings is 1. The predicted octanol–water partition coefficient (Wildman–Crippen LogP) is 2.45. The van der Waals surface area contributed by atoms with E-state index in [0.29, 0.717) is 11.7 Å². The van der Waals surface area contributed by atoms with Crippen LogP contribution in [0.3, 0.4) is 0 Å². The predicted molar refractivity (Wildman–Crippen MR) is 57.4 cm³/mol. The van der Waals surface area contributed by atoms with Gasteiger partial charge in [-0.05, 0) is 30.5 Å². The van der Waals surface area contributed by atoms with Crippen molar-refractivity contribution in [2.45, 2.75) is 6.42 Å². The van der Waals surface area contributed by atoms with Crippen molar-refractivity contribution in [3.63, 3.8) is 0 Å². The van der Waals surface area contributed by atoms with E-state index in [1.54, 1.807) is 17.5 Å². The second-order valence-corrected chi connectivity index (χ2v) is 4.27. The summed E-state index contributed by atoms with van der Waals surface area (Å²) in [7, 11) is 0. The Morgan fingerprint density at radius 2 is 2.38 bits per heavy atom. The number of rotatable bonds is 2. The highest BCUT2D eigenvalue weighted by molar-refractivity contribution is 7.19. The highest BCUT2D eigenvalue weighted by Crippen LogP contribution is 2.30. The smallest absolute Gasteiger partial charge is 0.146 e. The van der Waals surface area contributed by atoms with Gasteiger partial charge in [-0.1, -0.05) is 11.6 Å². The maximum atomic E-state index is 5.94. The molecule has 4 heteroatoms. The zero-order valence-electron chi connectivity index (χ0n) is 6.96. The minimum atomic E-state index is 0.589. The van der Waals surface area contributed by atoms with E-state index >= 15 is 0 Å². The molecule has 0 saturated heterocycles. The van der Waals surface area contributed by atoms with Crippen LogP contribution in [0, 0.1) is 0 Å². The molecule has 0 radical (unpaired) electrons. The van der Waals surface area contributed by atoms with Crippen LogP contribution in [0.15, 0.2) is 18.3 Å². The van der Waals surface area contributed by atoms with Gasteiger partial charge < -0.3 is 5.73 Å². The Bertz CT molecular complexity index is 424. The van der Waals surface area contributed by atoms with Crippen LogP contribution >= 0.6 is 22.9 Å². The quantitative estimate of drug-likeness (QED) is 0.777. The number of hydrogen-bond donors (Lipinski definition) is 1. The number of nitrogens with zero attached hydrogens (tertiary/aromatic N) is 1. The zero-order chi connectivity index (χ0) is 9.26. The Kier molecular flexibility index (Phi) is 2.49. The normalized spacial score (nSPS) is 10.9. The van der Waals surface area contributed by atoms with Crippen molar-refractivity contribution >= 4 is 33.0 Å². The van der Waals surface area contributed by atoms with Gasteiger partial charge in [-0.15, -0.1) is 11.3 Å². The third-order valence-corrected chi connectivity index (χ3v) is 3.45. The summed E-state index contributed by atoms with van der Waals surface area (Å²) in [6.45, 7) is 0.678. The van der Waals surface area contributed by atoms with Crippen molar-refractivity contribution in [1.82, 2.24) is 4.98 Å². The first-order valence-corrected chi connectivity index (χ1v) is 5.23. The summed E-state index contributed by atoms with van der Waals surface area (Å²) >= 11 is 7.61. The third-order valence-electron chi connectivity index (χ3n) is 1.83. The van der Waals surface area contributed by atoms with Crippen LogP contribution in [0.2, 0.25) is 5.15 Å². The molecule has 0 aromatic carbocycles. The van der Waals surface area contributed by atoms with Gasteiger partial charge >= 0.3 is 0 Å². The Morgan fingerprint density at radius 3 is 3.08 bits per heavy atom. The van der Waals surface area contributed by atoms with E-state index in [9.17, 15) is 0 Å². The number of pyridine rings is 1. The molecule has 0 bridgehead atoms. The topological polar surface area (TPSA) is 38.9 Å². The molecule has 0 spiro atoms. The Labute approximate surface area is 85.3 Å². The first kappa shape index (κ1) is 8.94. The molecule has 0 unspecified atom stereocenters.